The Hall–Kier alpha value is -1.87. The number of nitrogens with one attached hydrogen (secondary N) is 1. The third-order valence-electron chi connectivity index (χ3n) is 7.79. The molecule has 1 saturated carbocycles. The van der Waals surface area contributed by atoms with Gasteiger partial charge in [-0.15, -0.1) is 0 Å². The number of hydrogen-bond acceptors (Lipinski definition) is 5. The minimum atomic E-state index is -4.39. The predicted molar refractivity (Wildman–Crippen MR) is 120 cm³/mol. The molecule has 1 aromatic rings. The van der Waals surface area contributed by atoms with Crippen LogP contribution in [0.15, 0.2) is 18.3 Å². The van der Waals surface area contributed by atoms with E-state index in [1.807, 2.05) is 9.80 Å². The van der Waals surface area contributed by atoms with Gasteiger partial charge in [-0.25, -0.2) is 4.98 Å². The highest BCUT2D eigenvalue weighted by molar-refractivity contribution is 5.83. The van der Waals surface area contributed by atoms with Crippen molar-refractivity contribution in [2.75, 3.05) is 44.3 Å². The zero-order valence-electron chi connectivity index (χ0n) is 19.5. The molecule has 1 N–H and O–H groups in total. The Morgan fingerprint density at radius 1 is 1.27 bits per heavy atom. The molecule has 2 saturated heterocycles. The number of halogens is 3. The molecule has 4 rings (SSSR count). The van der Waals surface area contributed by atoms with Gasteiger partial charge in [0, 0.05) is 51.1 Å². The molecular formula is C24H35F3N4O2. The first kappa shape index (κ1) is 24.3. The van der Waals surface area contributed by atoms with Gasteiger partial charge in [-0.2, -0.15) is 13.2 Å². The number of nitrogens with zero attached hydrogens (tertiary/aromatic N) is 3. The lowest BCUT2D eigenvalue weighted by molar-refractivity contribution is -0.142. The Bertz CT molecular complexity index is 828. The van der Waals surface area contributed by atoms with Crippen molar-refractivity contribution in [3.8, 4) is 0 Å². The summed E-state index contributed by atoms with van der Waals surface area (Å²) >= 11 is 0. The van der Waals surface area contributed by atoms with E-state index in [9.17, 15) is 18.0 Å². The van der Waals surface area contributed by atoms with Gasteiger partial charge in [0.2, 0.25) is 5.91 Å². The van der Waals surface area contributed by atoms with Crippen molar-refractivity contribution < 1.29 is 22.7 Å². The van der Waals surface area contributed by atoms with E-state index in [2.05, 4.69) is 24.1 Å². The van der Waals surface area contributed by atoms with Crippen molar-refractivity contribution in [3.05, 3.63) is 23.9 Å². The van der Waals surface area contributed by atoms with Gasteiger partial charge in [0.15, 0.2) is 0 Å². The maximum absolute atomic E-state index is 13.6. The van der Waals surface area contributed by atoms with Crippen molar-refractivity contribution in [2.45, 2.75) is 64.2 Å². The van der Waals surface area contributed by atoms with Crippen LogP contribution in [-0.4, -0.2) is 67.3 Å². The molecule has 3 aliphatic rings. The van der Waals surface area contributed by atoms with Gasteiger partial charge < -0.3 is 19.9 Å². The summed E-state index contributed by atoms with van der Waals surface area (Å²) in [5.41, 5.74) is -1.04. The number of alkyl halides is 3. The molecule has 0 aromatic carbocycles. The number of carbonyl (C=O) groups is 1. The van der Waals surface area contributed by atoms with Crippen LogP contribution in [0, 0.1) is 11.3 Å². The van der Waals surface area contributed by atoms with Crippen molar-refractivity contribution in [1.29, 1.82) is 0 Å². The van der Waals surface area contributed by atoms with E-state index in [-0.39, 0.29) is 11.3 Å². The second kappa shape index (κ2) is 9.78. The molecule has 33 heavy (non-hydrogen) atoms. The Kier molecular flexibility index (Phi) is 7.19. The largest absolute Gasteiger partial charge is 0.416 e. The van der Waals surface area contributed by atoms with E-state index >= 15 is 0 Å². The predicted octanol–water partition coefficient (Wildman–Crippen LogP) is 3.71. The number of amides is 1. The fraction of sp³-hybridized carbons (Fsp3) is 0.750. The van der Waals surface area contributed by atoms with Crippen LogP contribution in [0.3, 0.4) is 0 Å². The summed E-state index contributed by atoms with van der Waals surface area (Å²) in [6.45, 7) is 7.87. The lowest BCUT2D eigenvalue weighted by Crippen LogP contribution is -2.53. The van der Waals surface area contributed by atoms with Crippen LogP contribution in [0.5, 0.6) is 0 Å². The van der Waals surface area contributed by atoms with Crippen molar-refractivity contribution in [2.24, 2.45) is 11.3 Å². The highest BCUT2D eigenvalue weighted by Crippen LogP contribution is 2.43. The molecular weight excluding hydrogens is 433 g/mol. The molecule has 6 nitrogen and oxygen atoms in total. The van der Waals surface area contributed by atoms with E-state index in [0.29, 0.717) is 50.0 Å². The number of piperazine rings is 1. The first-order valence-electron chi connectivity index (χ1n) is 12.1. The number of ether oxygens (including phenoxy) is 1. The monoisotopic (exact) mass is 468 g/mol. The zero-order chi connectivity index (χ0) is 23.6. The molecule has 2 aliphatic heterocycles. The average Bonchev–Trinajstić information content (AvgIpc) is 3.24. The third-order valence-corrected chi connectivity index (χ3v) is 7.79. The maximum atomic E-state index is 13.6. The third kappa shape index (κ3) is 5.29. The molecule has 9 heteroatoms. The summed E-state index contributed by atoms with van der Waals surface area (Å²) in [6.07, 6.45) is 1.36. The Morgan fingerprint density at radius 3 is 2.70 bits per heavy atom. The molecule has 3 heterocycles. The van der Waals surface area contributed by atoms with Crippen LogP contribution in [0.1, 0.15) is 51.5 Å². The minimum Gasteiger partial charge on any atom is -0.381 e. The summed E-state index contributed by atoms with van der Waals surface area (Å²) in [6, 6.07) is 2.86. The number of pyridine rings is 1. The molecule has 1 amide bonds. The summed E-state index contributed by atoms with van der Waals surface area (Å²) < 4.78 is 44.7. The Balaban J connectivity index is 1.35. The molecule has 0 bridgehead atoms. The molecule has 0 radical (unpaired) electrons. The van der Waals surface area contributed by atoms with Crippen LogP contribution in [-0.2, 0) is 15.7 Å². The smallest absolute Gasteiger partial charge is 0.381 e. The van der Waals surface area contributed by atoms with E-state index in [1.165, 1.54) is 6.20 Å². The van der Waals surface area contributed by atoms with Crippen LogP contribution in [0.25, 0.3) is 0 Å². The van der Waals surface area contributed by atoms with Gasteiger partial charge in [0.05, 0.1) is 17.6 Å². The number of aromatic nitrogens is 1. The summed E-state index contributed by atoms with van der Waals surface area (Å²) in [5.74, 6) is 0.993. The highest BCUT2D eigenvalue weighted by atomic mass is 19.4. The number of carbonyl (C=O) groups excluding carboxylic acids is 1. The SMILES string of the molecule is CCC1(C(=O)N2CCN(c3cc(C(F)(F)F)ccn3)CC2)CC[C@H](NC2CCOC[C@H]2C)C1. The fourth-order valence-corrected chi connectivity index (χ4v) is 5.61. The molecule has 1 aromatic heterocycles. The molecule has 184 valence electrons. The van der Waals surface area contributed by atoms with Crippen LogP contribution < -0.4 is 10.2 Å². The highest BCUT2D eigenvalue weighted by Gasteiger charge is 2.46. The van der Waals surface area contributed by atoms with E-state index in [0.717, 1.165) is 57.5 Å². The summed E-state index contributed by atoms with van der Waals surface area (Å²) in [4.78, 5) is 21.5. The lowest BCUT2D eigenvalue weighted by Gasteiger charge is -2.40. The van der Waals surface area contributed by atoms with Gasteiger partial charge >= 0.3 is 6.18 Å². The van der Waals surface area contributed by atoms with E-state index in [4.69, 9.17) is 4.74 Å². The molecule has 1 aliphatic carbocycles. The van der Waals surface area contributed by atoms with E-state index < -0.39 is 11.7 Å². The standard InChI is InChI=1S/C24H35F3N4O2/c1-3-23(7-4-19(15-23)29-20-6-13-33-16-17(20)2)22(32)31-11-9-30(10-12-31)21-14-18(5-8-28-21)24(25,26)27/h5,8,14,17,19-20,29H,3-4,6-7,9-13,15-16H2,1-2H3/t17-,19+,20?,23?/m1/s1. The lowest BCUT2D eigenvalue weighted by atomic mass is 9.81. The average molecular weight is 469 g/mol. The van der Waals surface area contributed by atoms with Gasteiger partial charge in [-0.05, 0) is 50.2 Å². The minimum absolute atomic E-state index is 0.200. The normalized spacial score (nSPS) is 31.1. The summed E-state index contributed by atoms with van der Waals surface area (Å²) in [7, 11) is 0. The van der Waals surface area contributed by atoms with Gasteiger partial charge in [-0.1, -0.05) is 13.8 Å². The second-order valence-electron chi connectivity index (χ2n) is 9.87. The molecule has 3 fully saturated rings. The van der Waals surface area contributed by atoms with Gasteiger partial charge in [0.25, 0.3) is 0 Å². The number of anilines is 1. The first-order valence-corrected chi connectivity index (χ1v) is 12.1. The quantitative estimate of drug-likeness (QED) is 0.714. The Morgan fingerprint density at radius 2 is 2.03 bits per heavy atom. The van der Waals surface area contributed by atoms with Gasteiger partial charge in [0.1, 0.15) is 5.82 Å². The van der Waals surface area contributed by atoms with Crippen molar-refractivity contribution in [3.63, 3.8) is 0 Å². The van der Waals surface area contributed by atoms with Crippen LogP contribution in [0.4, 0.5) is 19.0 Å². The first-order chi connectivity index (χ1) is 15.7. The van der Waals surface area contributed by atoms with Crippen molar-refractivity contribution >= 4 is 11.7 Å². The summed E-state index contributed by atoms with van der Waals surface area (Å²) in [5, 5.41) is 3.80. The van der Waals surface area contributed by atoms with Crippen molar-refractivity contribution in [1.82, 2.24) is 15.2 Å². The molecule has 4 atom stereocenters. The van der Waals surface area contributed by atoms with Gasteiger partial charge in [-0.3, -0.25) is 4.79 Å². The molecule has 0 spiro atoms. The fourth-order valence-electron chi connectivity index (χ4n) is 5.61. The number of rotatable bonds is 5. The topological polar surface area (TPSA) is 57.7 Å². The molecule has 2 unspecified atom stereocenters. The van der Waals surface area contributed by atoms with Crippen LogP contribution >= 0.6 is 0 Å². The maximum Gasteiger partial charge on any atom is 0.416 e. The second-order valence-corrected chi connectivity index (χ2v) is 9.87. The van der Waals surface area contributed by atoms with E-state index in [1.54, 1.807) is 0 Å². The Labute approximate surface area is 193 Å². The van der Waals surface area contributed by atoms with Crippen LogP contribution in [0.2, 0.25) is 0 Å². The zero-order valence-corrected chi connectivity index (χ0v) is 19.5. The number of hydrogen-bond donors (Lipinski definition) is 1.